The van der Waals surface area contributed by atoms with E-state index >= 15 is 0 Å². The standard InChI is InChI=1S/C20H25N3O2S/c1-13(4-8-19-22-11-16(26-2)12-23-19)3-6-15-7-5-14(10-21-15)17-9-18(17)20(24)25/h5,7,10-13,17-18H,3-4,6,8-9H2,1-2H3,(H,24,25)/t13-,17-,18+/m1/s1. The summed E-state index contributed by atoms with van der Waals surface area (Å²) in [5.41, 5.74) is 2.13. The van der Waals surface area contributed by atoms with Gasteiger partial charge in [0, 0.05) is 35.6 Å². The second-order valence-corrected chi connectivity index (χ2v) is 7.97. The van der Waals surface area contributed by atoms with Crippen LogP contribution in [0.3, 0.4) is 0 Å². The number of carbonyl (C=O) groups is 1. The molecule has 2 aromatic rings. The largest absolute Gasteiger partial charge is 0.481 e. The Labute approximate surface area is 158 Å². The van der Waals surface area contributed by atoms with Crippen LogP contribution in [0.5, 0.6) is 0 Å². The number of rotatable bonds is 9. The molecule has 1 aliphatic rings. The van der Waals surface area contributed by atoms with Gasteiger partial charge in [0.25, 0.3) is 0 Å². The number of pyridine rings is 1. The van der Waals surface area contributed by atoms with Gasteiger partial charge >= 0.3 is 5.97 Å². The summed E-state index contributed by atoms with van der Waals surface area (Å²) in [7, 11) is 0. The van der Waals surface area contributed by atoms with Crippen molar-refractivity contribution in [2.45, 2.75) is 49.8 Å². The van der Waals surface area contributed by atoms with Gasteiger partial charge in [-0.15, -0.1) is 11.8 Å². The SMILES string of the molecule is CSc1cnc(CC[C@H](C)CCc2ccc([C@H]3C[C@@H]3C(=O)O)cn2)nc1. The van der Waals surface area contributed by atoms with Crippen LogP contribution in [0.1, 0.15) is 49.2 Å². The van der Waals surface area contributed by atoms with Crippen LogP contribution in [0.25, 0.3) is 0 Å². The Hall–Kier alpha value is -1.95. The summed E-state index contributed by atoms with van der Waals surface area (Å²) >= 11 is 1.65. The number of hydrogen-bond acceptors (Lipinski definition) is 5. The van der Waals surface area contributed by atoms with Crippen LogP contribution in [0.15, 0.2) is 35.6 Å². The van der Waals surface area contributed by atoms with Gasteiger partial charge in [0.2, 0.25) is 0 Å². The molecular formula is C20H25N3O2S. The molecule has 2 heterocycles. The lowest BCUT2D eigenvalue weighted by Gasteiger charge is -2.10. The van der Waals surface area contributed by atoms with Crippen molar-refractivity contribution in [3.8, 4) is 0 Å². The van der Waals surface area contributed by atoms with E-state index in [-0.39, 0.29) is 11.8 Å². The number of aliphatic carboxylic acids is 1. The molecule has 0 aromatic carbocycles. The van der Waals surface area contributed by atoms with Gasteiger partial charge in [-0.25, -0.2) is 9.97 Å². The van der Waals surface area contributed by atoms with E-state index in [1.54, 1.807) is 11.8 Å². The average molecular weight is 372 g/mol. The maximum atomic E-state index is 11.0. The second kappa shape index (κ2) is 8.62. The molecule has 3 rings (SSSR count). The number of aryl methyl sites for hydroxylation is 2. The van der Waals surface area contributed by atoms with Gasteiger partial charge < -0.3 is 5.11 Å². The third-order valence-electron chi connectivity index (χ3n) is 5.05. The molecular weight excluding hydrogens is 346 g/mol. The lowest BCUT2D eigenvalue weighted by molar-refractivity contribution is -0.138. The molecule has 0 radical (unpaired) electrons. The monoisotopic (exact) mass is 371 g/mol. The molecule has 26 heavy (non-hydrogen) atoms. The number of thioether (sulfide) groups is 1. The highest BCUT2D eigenvalue weighted by Gasteiger charge is 2.44. The summed E-state index contributed by atoms with van der Waals surface area (Å²) in [5.74, 6) is 0.745. The summed E-state index contributed by atoms with van der Waals surface area (Å²) in [4.78, 5) is 25.4. The van der Waals surface area contributed by atoms with Gasteiger partial charge in [-0.05, 0) is 55.4 Å². The maximum absolute atomic E-state index is 11.0. The Bertz CT molecular complexity index is 734. The molecule has 0 spiro atoms. The fourth-order valence-electron chi connectivity index (χ4n) is 3.13. The van der Waals surface area contributed by atoms with Gasteiger partial charge in [0.15, 0.2) is 0 Å². The van der Waals surface area contributed by atoms with Crippen molar-refractivity contribution in [3.63, 3.8) is 0 Å². The molecule has 1 saturated carbocycles. The minimum Gasteiger partial charge on any atom is -0.481 e. The summed E-state index contributed by atoms with van der Waals surface area (Å²) in [6, 6.07) is 4.09. The number of aromatic nitrogens is 3. The third kappa shape index (κ3) is 5.04. The Kier molecular flexibility index (Phi) is 6.25. The van der Waals surface area contributed by atoms with E-state index in [1.807, 2.05) is 37.0 Å². The normalized spacial score (nSPS) is 19.9. The van der Waals surface area contributed by atoms with E-state index in [9.17, 15) is 4.79 Å². The van der Waals surface area contributed by atoms with Gasteiger partial charge in [-0.1, -0.05) is 13.0 Å². The zero-order chi connectivity index (χ0) is 18.5. The number of hydrogen-bond donors (Lipinski definition) is 1. The van der Waals surface area contributed by atoms with Gasteiger partial charge in [0.1, 0.15) is 5.82 Å². The van der Waals surface area contributed by atoms with Crippen LogP contribution >= 0.6 is 11.8 Å². The van der Waals surface area contributed by atoms with E-state index in [2.05, 4.69) is 21.9 Å². The predicted molar refractivity (Wildman–Crippen MR) is 102 cm³/mol. The summed E-state index contributed by atoms with van der Waals surface area (Å²) in [6.45, 7) is 2.26. The van der Waals surface area contributed by atoms with Crippen LogP contribution in [-0.4, -0.2) is 32.3 Å². The summed E-state index contributed by atoms with van der Waals surface area (Å²) in [5, 5.41) is 9.01. The zero-order valence-corrected chi connectivity index (χ0v) is 16.1. The molecule has 1 aliphatic carbocycles. The molecule has 0 saturated heterocycles. The van der Waals surface area contributed by atoms with Gasteiger partial charge in [-0.2, -0.15) is 0 Å². The van der Waals surface area contributed by atoms with Crippen LogP contribution < -0.4 is 0 Å². The fourth-order valence-corrected chi connectivity index (χ4v) is 3.45. The van der Waals surface area contributed by atoms with Crippen molar-refractivity contribution in [2.75, 3.05) is 6.26 Å². The number of nitrogens with zero attached hydrogens (tertiary/aromatic N) is 3. The highest BCUT2D eigenvalue weighted by atomic mass is 32.2. The van der Waals surface area contributed by atoms with E-state index in [0.717, 1.165) is 54.1 Å². The lowest BCUT2D eigenvalue weighted by atomic mass is 9.98. The first-order valence-electron chi connectivity index (χ1n) is 9.09. The Morgan fingerprint density at radius 2 is 1.92 bits per heavy atom. The maximum Gasteiger partial charge on any atom is 0.307 e. The Morgan fingerprint density at radius 3 is 2.50 bits per heavy atom. The molecule has 5 nitrogen and oxygen atoms in total. The van der Waals surface area contributed by atoms with Crippen LogP contribution in [0.2, 0.25) is 0 Å². The first-order chi connectivity index (χ1) is 12.6. The number of carboxylic acid groups (broad SMARTS) is 1. The minimum absolute atomic E-state index is 0.158. The van der Waals surface area contributed by atoms with Gasteiger partial charge in [-0.3, -0.25) is 9.78 Å². The highest BCUT2D eigenvalue weighted by Crippen LogP contribution is 2.47. The van der Waals surface area contributed by atoms with Crippen LogP contribution in [-0.2, 0) is 17.6 Å². The second-order valence-electron chi connectivity index (χ2n) is 7.09. The first kappa shape index (κ1) is 18.8. The average Bonchev–Trinajstić information content (AvgIpc) is 3.47. The zero-order valence-electron chi connectivity index (χ0n) is 15.3. The fraction of sp³-hybridized carbons (Fsp3) is 0.500. The van der Waals surface area contributed by atoms with Crippen molar-refractivity contribution < 1.29 is 9.90 Å². The first-order valence-corrected chi connectivity index (χ1v) is 10.3. The lowest BCUT2D eigenvalue weighted by Crippen LogP contribution is -2.03. The third-order valence-corrected chi connectivity index (χ3v) is 5.74. The molecule has 0 aliphatic heterocycles. The van der Waals surface area contributed by atoms with Crippen LogP contribution in [0, 0.1) is 11.8 Å². The molecule has 1 fully saturated rings. The molecule has 0 amide bonds. The summed E-state index contributed by atoms with van der Waals surface area (Å²) in [6.07, 6.45) is 12.4. The smallest absolute Gasteiger partial charge is 0.307 e. The molecule has 3 atom stereocenters. The molecule has 138 valence electrons. The molecule has 0 bridgehead atoms. The van der Waals surface area contributed by atoms with Crippen molar-refractivity contribution in [1.29, 1.82) is 0 Å². The van der Waals surface area contributed by atoms with E-state index in [4.69, 9.17) is 5.11 Å². The van der Waals surface area contributed by atoms with Crippen molar-refractivity contribution in [3.05, 3.63) is 47.8 Å². The molecule has 0 unspecified atom stereocenters. The van der Waals surface area contributed by atoms with Crippen LogP contribution in [0.4, 0.5) is 0 Å². The topological polar surface area (TPSA) is 76.0 Å². The molecule has 6 heteroatoms. The molecule has 2 aromatic heterocycles. The summed E-state index contributed by atoms with van der Waals surface area (Å²) < 4.78 is 0. The molecule has 1 N–H and O–H groups in total. The van der Waals surface area contributed by atoms with Gasteiger partial charge in [0.05, 0.1) is 5.92 Å². The van der Waals surface area contributed by atoms with E-state index in [1.165, 1.54) is 0 Å². The predicted octanol–water partition coefficient (Wildman–Crippen LogP) is 3.98. The van der Waals surface area contributed by atoms with Crippen molar-refractivity contribution >= 4 is 17.7 Å². The highest BCUT2D eigenvalue weighted by molar-refractivity contribution is 7.98. The minimum atomic E-state index is -0.694. The van der Waals surface area contributed by atoms with E-state index in [0.29, 0.717) is 5.92 Å². The van der Waals surface area contributed by atoms with Crippen molar-refractivity contribution in [2.24, 2.45) is 11.8 Å². The quantitative estimate of drug-likeness (QED) is 0.672. The Balaban J connectivity index is 1.41. The Morgan fingerprint density at radius 1 is 1.19 bits per heavy atom. The van der Waals surface area contributed by atoms with Crippen molar-refractivity contribution in [1.82, 2.24) is 15.0 Å². The number of carboxylic acids is 1. The van der Waals surface area contributed by atoms with E-state index < -0.39 is 5.97 Å².